The zero-order chi connectivity index (χ0) is 22.9. The van der Waals surface area contributed by atoms with Crippen LogP contribution in [0.2, 0.25) is 0 Å². The predicted octanol–water partition coefficient (Wildman–Crippen LogP) is 4.72. The molecule has 1 aromatic heterocycles. The van der Waals surface area contributed by atoms with Crippen molar-refractivity contribution in [1.29, 1.82) is 5.26 Å². The van der Waals surface area contributed by atoms with E-state index in [1.54, 1.807) is 24.3 Å². The van der Waals surface area contributed by atoms with Crippen LogP contribution in [0.1, 0.15) is 28.6 Å². The summed E-state index contributed by atoms with van der Waals surface area (Å²) in [5, 5.41) is 21.0. The van der Waals surface area contributed by atoms with Gasteiger partial charge in [0.1, 0.15) is 41.4 Å². The first-order valence-electron chi connectivity index (χ1n) is 10.2. The number of aromatic nitrogens is 2. The van der Waals surface area contributed by atoms with Gasteiger partial charge in [-0.3, -0.25) is 10.1 Å². The molecule has 7 nitrogen and oxygen atoms in total. The standard InChI is InChI=1S/C24H24N4O3S/c1-4-22-27-28-24(32-22)26-23(29)19(15-25)14-18-7-9-20(10-8-18)30-11-12-31-21-13-16(2)5-6-17(21)3/h5-10,13-14H,4,11-12H2,1-3H3,(H,26,28,29). The summed E-state index contributed by atoms with van der Waals surface area (Å²) in [6, 6.07) is 15.2. The molecule has 1 N–H and O–H groups in total. The largest absolute Gasteiger partial charge is 0.490 e. The van der Waals surface area contributed by atoms with Crippen molar-refractivity contribution < 1.29 is 14.3 Å². The fourth-order valence-corrected chi connectivity index (χ4v) is 3.44. The third kappa shape index (κ3) is 6.40. The van der Waals surface area contributed by atoms with Crippen LogP contribution in [-0.4, -0.2) is 29.3 Å². The fourth-order valence-electron chi connectivity index (χ4n) is 2.76. The van der Waals surface area contributed by atoms with Gasteiger partial charge in [-0.25, -0.2) is 0 Å². The van der Waals surface area contributed by atoms with E-state index in [-0.39, 0.29) is 5.57 Å². The molecule has 0 fully saturated rings. The van der Waals surface area contributed by atoms with Crippen LogP contribution in [0.25, 0.3) is 6.08 Å². The van der Waals surface area contributed by atoms with E-state index < -0.39 is 5.91 Å². The maximum Gasteiger partial charge on any atom is 0.268 e. The van der Waals surface area contributed by atoms with E-state index in [1.807, 2.05) is 39.0 Å². The van der Waals surface area contributed by atoms with Crippen LogP contribution >= 0.6 is 11.3 Å². The molecule has 0 aliphatic carbocycles. The Morgan fingerprint density at radius 2 is 1.88 bits per heavy atom. The molecule has 0 spiro atoms. The lowest BCUT2D eigenvalue weighted by molar-refractivity contribution is -0.112. The summed E-state index contributed by atoms with van der Waals surface area (Å²) >= 11 is 1.29. The Balaban J connectivity index is 1.53. The Morgan fingerprint density at radius 3 is 2.56 bits per heavy atom. The molecule has 32 heavy (non-hydrogen) atoms. The highest BCUT2D eigenvalue weighted by Gasteiger charge is 2.12. The molecule has 1 heterocycles. The molecule has 3 rings (SSSR count). The third-order valence-corrected chi connectivity index (χ3v) is 5.48. The van der Waals surface area contributed by atoms with Gasteiger partial charge in [-0.15, -0.1) is 10.2 Å². The van der Waals surface area contributed by atoms with E-state index in [0.717, 1.165) is 28.3 Å². The summed E-state index contributed by atoms with van der Waals surface area (Å²) in [6.45, 7) is 6.82. The first kappa shape index (κ1) is 23.0. The molecule has 0 saturated carbocycles. The molecule has 0 saturated heterocycles. The molecule has 0 aliphatic rings. The normalized spacial score (nSPS) is 11.0. The second kappa shape index (κ2) is 11.1. The number of carbonyl (C=O) groups is 1. The van der Waals surface area contributed by atoms with Gasteiger partial charge in [-0.1, -0.05) is 42.5 Å². The monoisotopic (exact) mass is 448 g/mol. The summed E-state index contributed by atoms with van der Waals surface area (Å²) < 4.78 is 11.5. The zero-order valence-corrected chi connectivity index (χ0v) is 19.0. The van der Waals surface area contributed by atoms with Crippen molar-refractivity contribution in [2.75, 3.05) is 18.5 Å². The molecule has 0 atom stereocenters. The molecule has 3 aromatic rings. The Hall–Kier alpha value is -3.70. The number of nitrogens with zero attached hydrogens (tertiary/aromatic N) is 3. The predicted molar refractivity (Wildman–Crippen MR) is 125 cm³/mol. The molecule has 0 radical (unpaired) electrons. The first-order chi connectivity index (χ1) is 15.5. The van der Waals surface area contributed by atoms with E-state index in [9.17, 15) is 10.1 Å². The van der Waals surface area contributed by atoms with Crippen LogP contribution in [0, 0.1) is 25.2 Å². The molecule has 8 heteroatoms. The quantitative estimate of drug-likeness (QED) is 0.289. The van der Waals surface area contributed by atoms with Crippen LogP contribution in [0.4, 0.5) is 5.13 Å². The Bertz CT molecular complexity index is 1150. The number of carbonyl (C=O) groups excluding carboxylic acids is 1. The second-order valence-corrected chi connectivity index (χ2v) is 8.08. The average Bonchev–Trinajstić information content (AvgIpc) is 3.25. The van der Waals surface area contributed by atoms with Gasteiger partial charge in [-0.2, -0.15) is 5.26 Å². The fraction of sp³-hybridized carbons (Fsp3) is 0.250. The van der Waals surface area contributed by atoms with Crippen molar-refractivity contribution >= 4 is 28.5 Å². The minimum absolute atomic E-state index is 0.0196. The smallest absolute Gasteiger partial charge is 0.268 e. The number of aryl methyl sites for hydroxylation is 3. The molecule has 0 unspecified atom stereocenters. The van der Waals surface area contributed by atoms with Crippen molar-refractivity contribution in [1.82, 2.24) is 10.2 Å². The first-order valence-corrected chi connectivity index (χ1v) is 11.0. The SMILES string of the molecule is CCc1nnc(NC(=O)C(C#N)=Cc2ccc(OCCOc3cc(C)ccc3C)cc2)s1. The Labute approximate surface area is 191 Å². The number of nitrogens with one attached hydrogen (secondary N) is 1. The van der Waals surface area contributed by atoms with E-state index in [1.165, 1.54) is 17.4 Å². The lowest BCUT2D eigenvalue weighted by Gasteiger charge is -2.11. The van der Waals surface area contributed by atoms with Crippen LogP contribution in [0.3, 0.4) is 0 Å². The number of hydrogen-bond donors (Lipinski definition) is 1. The van der Waals surface area contributed by atoms with E-state index >= 15 is 0 Å². The number of benzene rings is 2. The van der Waals surface area contributed by atoms with E-state index in [2.05, 4.69) is 21.6 Å². The maximum atomic E-state index is 12.3. The molecule has 164 valence electrons. The van der Waals surface area contributed by atoms with Crippen molar-refractivity contribution in [3.63, 3.8) is 0 Å². The highest BCUT2D eigenvalue weighted by Crippen LogP contribution is 2.20. The highest BCUT2D eigenvalue weighted by atomic mass is 32.1. The van der Waals surface area contributed by atoms with Crippen molar-refractivity contribution in [3.05, 3.63) is 69.7 Å². The van der Waals surface area contributed by atoms with E-state index in [0.29, 0.717) is 29.7 Å². The highest BCUT2D eigenvalue weighted by molar-refractivity contribution is 7.15. The Morgan fingerprint density at radius 1 is 1.12 bits per heavy atom. The summed E-state index contributed by atoms with van der Waals surface area (Å²) in [4.78, 5) is 12.3. The van der Waals surface area contributed by atoms with Crippen molar-refractivity contribution in [2.24, 2.45) is 0 Å². The number of amides is 1. The molecule has 0 aliphatic heterocycles. The van der Waals surface area contributed by atoms with Crippen LogP contribution in [0.15, 0.2) is 48.0 Å². The van der Waals surface area contributed by atoms with Crippen LogP contribution < -0.4 is 14.8 Å². The number of ether oxygens (including phenoxy) is 2. The number of anilines is 1. The number of nitriles is 1. The van der Waals surface area contributed by atoms with Gasteiger partial charge in [-0.05, 0) is 61.2 Å². The van der Waals surface area contributed by atoms with Gasteiger partial charge >= 0.3 is 0 Å². The molecule has 0 bridgehead atoms. The summed E-state index contributed by atoms with van der Waals surface area (Å²) in [5.74, 6) is 1.02. The van der Waals surface area contributed by atoms with Crippen molar-refractivity contribution in [3.8, 4) is 17.6 Å². The van der Waals surface area contributed by atoms with Gasteiger partial charge in [0.15, 0.2) is 0 Å². The average molecular weight is 449 g/mol. The van der Waals surface area contributed by atoms with E-state index in [4.69, 9.17) is 9.47 Å². The minimum atomic E-state index is -0.518. The summed E-state index contributed by atoms with van der Waals surface area (Å²) in [5.41, 5.74) is 2.92. The van der Waals surface area contributed by atoms with Crippen LogP contribution in [0.5, 0.6) is 11.5 Å². The Kier molecular flexibility index (Phi) is 7.95. The second-order valence-electron chi connectivity index (χ2n) is 7.01. The summed E-state index contributed by atoms with van der Waals surface area (Å²) in [7, 11) is 0. The van der Waals surface area contributed by atoms with Gasteiger partial charge in [0.2, 0.25) is 5.13 Å². The minimum Gasteiger partial charge on any atom is -0.490 e. The zero-order valence-electron chi connectivity index (χ0n) is 18.2. The molecular formula is C24H24N4O3S. The number of hydrogen-bond acceptors (Lipinski definition) is 7. The number of rotatable bonds is 9. The van der Waals surface area contributed by atoms with Gasteiger partial charge < -0.3 is 9.47 Å². The maximum absolute atomic E-state index is 12.3. The third-order valence-electron chi connectivity index (χ3n) is 4.50. The van der Waals surface area contributed by atoms with Gasteiger partial charge in [0.05, 0.1) is 0 Å². The lowest BCUT2D eigenvalue weighted by atomic mass is 10.1. The molecule has 2 aromatic carbocycles. The van der Waals surface area contributed by atoms with Gasteiger partial charge in [0.25, 0.3) is 5.91 Å². The molecular weight excluding hydrogens is 424 g/mol. The van der Waals surface area contributed by atoms with Crippen LogP contribution in [-0.2, 0) is 11.2 Å². The van der Waals surface area contributed by atoms with Gasteiger partial charge in [0, 0.05) is 0 Å². The van der Waals surface area contributed by atoms with Crippen molar-refractivity contribution in [2.45, 2.75) is 27.2 Å². The topological polar surface area (TPSA) is 97.1 Å². The molecule has 1 amide bonds. The summed E-state index contributed by atoms with van der Waals surface area (Å²) in [6.07, 6.45) is 2.26. The lowest BCUT2D eigenvalue weighted by Crippen LogP contribution is -2.13.